The van der Waals surface area contributed by atoms with E-state index in [0.29, 0.717) is 0 Å². The van der Waals surface area contributed by atoms with Crippen LogP contribution >= 0.6 is 0 Å². The van der Waals surface area contributed by atoms with Gasteiger partial charge in [0, 0.05) is 12.3 Å². The number of hydrogen-bond acceptors (Lipinski definition) is 3. The van der Waals surface area contributed by atoms with Gasteiger partial charge < -0.3 is 9.47 Å². The van der Waals surface area contributed by atoms with Crippen molar-refractivity contribution in [3.05, 3.63) is 18.0 Å². The van der Waals surface area contributed by atoms with E-state index in [-0.39, 0.29) is 5.75 Å². The molecule has 3 nitrogen and oxygen atoms in total. The molecule has 0 spiro atoms. The maximum atomic E-state index is 12.4. The van der Waals surface area contributed by atoms with Gasteiger partial charge in [-0.2, -0.15) is 13.2 Å². The Hall–Kier alpha value is -1.46. The Morgan fingerprint density at radius 1 is 1.21 bits per heavy atom. The number of pyridine rings is 1. The van der Waals surface area contributed by atoms with Gasteiger partial charge in [0.05, 0.1) is 14.2 Å². The van der Waals surface area contributed by atoms with Crippen LogP contribution in [0.25, 0.3) is 0 Å². The number of methoxy groups -OCH3 is 2. The Bertz CT molecular complexity index is 325. The second kappa shape index (κ2) is 3.73. The molecule has 14 heavy (non-hydrogen) atoms. The van der Waals surface area contributed by atoms with E-state index < -0.39 is 17.6 Å². The van der Waals surface area contributed by atoms with Crippen molar-refractivity contribution in [3.8, 4) is 11.5 Å². The number of halogens is 3. The molecule has 1 heterocycles. The summed E-state index contributed by atoms with van der Waals surface area (Å²) in [5.41, 5.74) is -1.08. The van der Waals surface area contributed by atoms with Crippen molar-refractivity contribution < 1.29 is 22.6 Å². The first kappa shape index (κ1) is 10.6. The fraction of sp³-hybridized carbons (Fsp3) is 0.375. The molecule has 0 N–H and O–H groups in total. The lowest BCUT2D eigenvalue weighted by atomic mass is 10.3. The fourth-order valence-corrected chi connectivity index (χ4v) is 0.990. The van der Waals surface area contributed by atoms with Crippen LogP contribution in [0.2, 0.25) is 0 Å². The van der Waals surface area contributed by atoms with Gasteiger partial charge in [0.1, 0.15) is 0 Å². The smallest absolute Gasteiger partial charge is 0.437 e. The van der Waals surface area contributed by atoms with Crippen LogP contribution in [-0.4, -0.2) is 19.2 Å². The molecular weight excluding hydrogens is 199 g/mol. The first-order valence-electron chi connectivity index (χ1n) is 3.65. The molecule has 0 aliphatic carbocycles. The molecule has 0 bridgehead atoms. The van der Waals surface area contributed by atoms with Gasteiger partial charge in [-0.25, -0.2) is 4.98 Å². The van der Waals surface area contributed by atoms with E-state index in [1.54, 1.807) is 0 Å². The molecule has 0 amide bonds. The zero-order chi connectivity index (χ0) is 10.8. The van der Waals surface area contributed by atoms with Crippen LogP contribution in [-0.2, 0) is 6.18 Å². The maximum Gasteiger partial charge on any atom is 0.437 e. The third-order valence-electron chi connectivity index (χ3n) is 1.56. The summed E-state index contributed by atoms with van der Waals surface area (Å²) in [5.74, 6) is -0.391. The normalized spacial score (nSPS) is 11.2. The molecule has 0 aliphatic heterocycles. The highest BCUT2D eigenvalue weighted by molar-refractivity contribution is 5.43. The topological polar surface area (TPSA) is 31.4 Å². The third-order valence-corrected chi connectivity index (χ3v) is 1.56. The summed E-state index contributed by atoms with van der Waals surface area (Å²) < 4.78 is 46.4. The summed E-state index contributed by atoms with van der Waals surface area (Å²) in [4.78, 5) is 3.20. The van der Waals surface area contributed by atoms with Gasteiger partial charge >= 0.3 is 6.18 Å². The lowest BCUT2D eigenvalue weighted by Crippen LogP contribution is -2.10. The standard InChI is InChI=1S/C8H8F3NO2/c1-13-5-3-4-12-7(6(5)14-2)8(9,10)11/h3-4H,1-2H3. The van der Waals surface area contributed by atoms with E-state index in [2.05, 4.69) is 9.72 Å². The molecule has 0 unspecified atom stereocenters. The summed E-state index contributed by atoms with van der Waals surface area (Å²) in [6.45, 7) is 0. The predicted octanol–water partition coefficient (Wildman–Crippen LogP) is 2.12. The summed E-state index contributed by atoms with van der Waals surface area (Å²) in [6.07, 6.45) is -3.52. The molecule has 0 saturated carbocycles. The number of rotatable bonds is 2. The van der Waals surface area contributed by atoms with Crippen LogP contribution in [0.5, 0.6) is 11.5 Å². The van der Waals surface area contributed by atoms with Crippen molar-refractivity contribution in [3.63, 3.8) is 0 Å². The Kier molecular flexibility index (Phi) is 2.83. The zero-order valence-corrected chi connectivity index (χ0v) is 7.55. The maximum absolute atomic E-state index is 12.4. The molecular formula is C8H8F3NO2. The summed E-state index contributed by atoms with van der Waals surface area (Å²) in [7, 11) is 2.40. The van der Waals surface area contributed by atoms with Crippen molar-refractivity contribution in [1.29, 1.82) is 0 Å². The van der Waals surface area contributed by atoms with Gasteiger partial charge in [0.2, 0.25) is 0 Å². The molecule has 0 atom stereocenters. The number of alkyl halides is 3. The molecule has 0 aromatic carbocycles. The van der Waals surface area contributed by atoms with Gasteiger partial charge in [-0.1, -0.05) is 0 Å². The van der Waals surface area contributed by atoms with Crippen molar-refractivity contribution in [2.75, 3.05) is 14.2 Å². The molecule has 78 valence electrons. The first-order valence-corrected chi connectivity index (χ1v) is 3.65. The highest BCUT2D eigenvalue weighted by Gasteiger charge is 2.37. The fourth-order valence-electron chi connectivity index (χ4n) is 0.990. The van der Waals surface area contributed by atoms with E-state index >= 15 is 0 Å². The highest BCUT2D eigenvalue weighted by Crippen LogP contribution is 2.39. The summed E-state index contributed by atoms with van der Waals surface area (Å²) in [6, 6.07) is 1.30. The third kappa shape index (κ3) is 1.89. The Balaban J connectivity index is 3.29. The minimum Gasteiger partial charge on any atom is -0.493 e. The van der Waals surface area contributed by atoms with E-state index in [4.69, 9.17) is 4.74 Å². The minimum atomic E-state index is -4.54. The second-order valence-corrected chi connectivity index (χ2v) is 2.39. The lowest BCUT2D eigenvalue weighted by molar-refractivity contribution is -0.142. The van der Waals surface area contributed by atoms with E-state index in [9.17, 15) is 13.2 Å². The number of ether oxygens (including phenoxy) is 2. The molecule has 0 aliphatic rings. The highest BCUT2D eigenvalue weighted by atomic mass is 19.4. The van der Waals surface area contributed by atoms with Crippen LogP contribution < -0.4 is 9.47 Å². The van der Waals surface area contributed by atoms with Crippen molar-refractivity contribution in [2.24, 2.45) is 0 Å². The van der Waals surface area contributed by atoms with E-state index in [1.807, 2.05) is 0 Å². The first-order chi connectivity index (χ1) is 6.50. The van der Waals surface area contributed by atoms with Crippen LogP contribution in [0.4, 0.5) is 13.2 Å². The second-order valence-electron chi connectivity index (χ2n) is 2.39. The molecule has 1 aromatic rings. The minimum absolute atomic E-state index is 0.00910. The van der Waals surface area contributed by atoms with Gasteiger partial charge in [-0.05, 0) is 0 Å². The molecule has 1 rings (SSSR count). The van der Waals surface area contributed by atoms with E-state index in [1.165, 1.54) is 13.2 Å². The van der Waals surface area contributed by atoms with Crippen LogP contribution in [0.3, 0.4) is 0 Å². The largest absolute Gasteiger partial charge is 0.493 e. The van der Waals surface area contributed by atoms with Crippen LogP contribution in [0.15, 0.2) is 12.3 Å². The van der Waals surface area contributed by atoms with Crippen LogP contribution in [0.1, 0.15) is 5.69 Å². The predicted molar refractivity (Wildman–Crippen MR) is 42.3 cm³/mol. The Morgan fingerprint density at radius 3 is 2.29 bits per heavy atom. The van der Waals surface area contributed by atoms with Crippen molar-refractivity contribution in [2.45, 2.75) is 6.18 Å². The quantitative estimate of drug-likeness (QED) is 0.744. The zero-order valence-electron chi connectivity index (χ0n) is 7.55. The average molecular weight is 207 g/mol. The summed E-state index contributed by atoms with van der Waals surface area (Å²) in [5, 5.41) is 0. The summed E-state index contributed by atoms with van der Waals surface area (Å²) >= 11 is 0. The Labute approximate surface area is 78.5 Å². The van der Waals surface area contributed by atoms with Crippen molar-refractivity contribution in [1.82, 2.24) is 4.98 Å². The molecule has 0 radical (unpaired) electrons. The van der Waals surface area contributed by atoms with Gasteiger partial charge in [-0.3, -0.25) is 0 Å². The lowest BCUT2D eigenvalue weighted by Gasteiger charge is -2.12. The monoisotopic (exact) mass is 207 g/mol. The Morgan fingerprint density at radius 2 is 1.86 bits per heavy atom. The molecule has 1 aromatic heterocycles. The molecule has 6 heteroatoms. The van der Waals surface area contributed by atoms with Crippen LogP contribution in [0, 0.1) is 0 Å². The average Bonchev–Trinajstić information content (AvgIpc) is 2.15. The van der Waals surface area contributed by atoms with Gasteiger partial charge in [-0.15, -0.1) is 0 Å². The van der Waals surface area contributed by atoms with E-state index in [0.717, 1.165) is 13.3 Å². The van der Waals surface area contributed by atoms with Gasteiger partial charge in [0.15, 0.2) is 17.2 Å². The van der Waals surface area contributed by atoms with Crippen molar-refractivity contribution >= 4 is 0 Å². The van der Waals surface area contributed by atoms with Gasteiger partial charge in [0.25, 0.3) is 0 Å². The SMILES string of the molecule is COc1ccnc(C(F)(F)F)c1OC. The number of nitrogens with zero attached hydrogens (tertiary/aromatic N) is 1. The molecule has 0 fully saturated rings. The number of aromatic nitrogens is 1. The number of hydrogen-bond donors (Lipinski definition) is 0. The molecule has 0 saturated heterocycles.